The summed E-state index contributed by atoms with van der Waals surface area (Å²) in [5.41, 5.74) is 8.82. The molecule has 0 spiro atoms. The number of likely N-dealkylation sites (tertiary alicyclic amines) is 1. The quantitative estimate of drug-likeness (QED) is 0.549. The van der Waals surface area contributed by atoms with E-state index in [2.05, 4.69) is 53.5 Å². The van der Waals surface area contributed by atoms with Gasteiger partial charge in [0.2, 0.25) is 5.91 Å². The van der Waals surface area contributed by atoms with Gasteiger partial charge < -0.3 is 11.1 Å². The van der Waals surface area contributed by atoms with Crippen LogP contribution in [0.3, 0.4) is 0 Å². The van der Waals surface area contributed by atoms with Crippen LogP contribution in [0.15, 0.2) is 59.5 Å². The van der Waals surface area contributed by atoms with Gasteiger partial charge in [0.1, 0.15) is 0 Å². The molecule has 4 nitrogen and oxygen atoms in total. The highest BCUT2D eigenvalue weighted by Gasteiger charge is 2.31. The Morgan fingerprint density at radius 3 is 2.56 bits per heavy atom. The van der Waals surface area contributed by atoms with Crippen molar-refractivity contribution in [2.45, 2.75) is 23.8 Å². The fraction of sp³-hybridized carbons (Fsp3) is 0.381. The van der Waals surface area contributed by atoms with Crippen molar-refractivity contribution in [1.29, 1.82) is 0 Å². The fourth-order valence-electron chi connectivity index (χ4n) is 3.35. The third-order valence-electron chi connectivity index (χ3n) is 4.75. The average molecular weight is 406 g/mol. The molecule has 1 heterocycles. The molecule has 6 heteroatoms. The summed E-state index contributed by atoms with van der Waals surface area (Å²) in [5.74, 6) is 1.26. The zero-order chi connectivity index (χ0) is 18.4. The number of carbonyl (C=O) groups excluding carboxylic acids is 1. The van der Waals surface area contributed by atoms with Crippen LogP contribution in [-0.2, 0) is 4.79 Å². The van der Waals surface area contributed by atoms with Gasteiger partial charge in [-0.2, -0.15) is 0 Å². The topological polar surface area (TPSA) is 58.4 Å². The lowest BCUT2D eigenvalue weighted by molar-refractivity contribution is -0.121. The van der Waals surface area contributed by atoms with E-state index in [4.69, 9.17) is 5.73 Å². The van der Waals surface area contributed by atoms with Crippen molar-refractivity contribution >= 4 is 30.1 Å². The predicted molar refractivity (Wildman–Crippen MR) is 116 cm³/mol. The molecule has 0 saturated carbocycles. The van der Waals surface area contributed by atoms with E-state index in [9.17, 15) is 4.79 Å². The van der Waals surface area contributed by atoms with Crippen molar-refractivity contribution < 1.29 is 4.79 Å². The van der Waals surface area contributed by atoms with Gasteiger partial charge in [-0.25, -0.2) is 0 Å². The van der Waals surface area contributed by atoms with E-state index in [1.165, 1.54) is 16.0 Å². The lowest BCUT2D eigenvalue weighted by Gasteiger charge is -2.15. The van der Waals surface area contributed by atoms with Crippen LogP contribution in [0.4, 0.5) is 0 Å². The van der Waals surface area contributed by atoms with Gasteiger partial charge in [-0.15, -0.1) is 24.2 Å². The molecule has 0 aliphatic carbocycles. The van der Waals surface area contributed by atoms with Crippen molar-refractivity contribution in [2.75, 3.05) is 31.9 Å². The highest BCUT2D eigenvalue weighted by atomic mass is 35.5. The van der Waals surface area contributed by atoms with Crippen molar-refractivity contribution in [1.82, 2.24) is 10.2 Å². The number of nitrogens with zero attached hydrogens (tertiary/aromatic N) is 1. The van der Waals surface area contributed by atoms with Crippen LogP contribution in [0.5, 0.6) is 0 Å². The van der Waals surface area contributed by atoms with Crippen LogP contribution < -0.4 is 11.1 Å². The normalized spacial score (nSPS) is 19.5. The Morgan fingerprint density at radius 1 is 1.15 bits per heavy atom. The molecule has 3 rings (SSSR count). The number of hydrogen-bond acceptors (Lipinski definition) is 4. The summed E-state index contributed by atoms with van der Waals surface area (Å²) in [6, 6.07) is 18.9. The van der Waals surface area contributed by atoms with Crippen LogP contribution >= 0.6 is 24.2 Å². The van der Waals surface area contributed by atoms with E-state index in [-0.39, 0.29) is 24.4 Å². The number of carbonyl (C=O) groups is 1. The summed E-state index contributed by atoms with van der Waals surface area (Å²) in [7, 11) is 0. The number of aryl methyl sites for hydroxylation is 1. The zero-order valence-electron chi connectivity index (χ0n) is 15.6. The molecule has 27 heavy (non-hydrogen) atoms. The van der Waals surface area contributed by atoms with Gasteiger partial charge in [-0.3, -0.25) is 9.69 Å². The first-order chi connectivity index (χ1) is 12.6. The number of halogens is 1. The van der Waals surface area contributed by atoms with Gasteiger partial charge in [0.15, 0.2) is 0 Å². The van der Waals surface area contributed by atoms with Gasteiger partial charge >= 0.3 is 0 Å². The summed E-state index contributed by atoms with van der Waals surface area (Å²) in [4.78, 5) is 15.6. The lowest BCUT2D eigenvalue weighted by atomic mass is 9.95. The summed E-state index contributed by atoms with van der Waals surface area (Å²) in [6.07, 6.45) is 0. The molecule has 0 aromatic heterocycles. The van der Waals surface area contributed by atoms with Crippen LogP contribution in [0.2, 0.25) is 0 Å². The second-order valence-electron chi connectivity index (χ2n) is 6.89. The first kappa shape index (κ1) is 21.8. The Kier molecular flexibility index (Phi) is 8.64. The highest BCUT2D eigenvalue weighted by Crippen LogP contribution is 2.26. The maximum Gasteiger partial charge on any atom is 0.234 e. The Hall–Kier alpha value is -1.53. The molecule has 1 saturated heterocycles. The number of thioether (sulfide) groups is 1. The molecule has 1 aliphatic heterocycles. The number of nitrogens with one attached hydrogen (secondary N) is 1. The summed E-state index contributed by atoms with van der Waals surface area (Å²) < 4.78 is 0. The van der Waals surface area contributed by atoms with Gasteiger partial charge in [0.25, 0.3) is 0 Å². The van der Waals surface area contributed by atoms with Crippen LogP contribution in [-0.4, -0.2) is 48.8 Å². The van der Waals surface area contributed by atoms with Crippen molar-refractivity contribution in [3.05, 3.63) is 65.7 Å². The minimum atomic E-state index is 0. The first-order valence-electron chi connectivity index (χ1n) is 9.11. The first-order valence-corrected chi connectivity index (χ1v) is 10.1. The summed E-state index contributed by atoms with van der Waals surface area (Å²) in [6.45, 7) is 4.80. The Balaban J connectivity index is 0.00000261. The number of nitrogens with two attached hydrogens (primary N) is 1. The Morgan fingerprint density at radius 2 is 1.85 bits per heavy atom. The molecular formula is C21H28ClN3OS. The third-order valence-corrected chi connectivity index (χ3v) is 5.76. The maximum atomic E-state index is 12.2. The number of amides is 1. The van der Waals surface area contributed by atoms with E-state index in [1.807, 2.05) is 18.2 Å². The van der Waals surface area contributed by atoms with Crippen LogP contribution in [0.25, 0.3) is 0 Å². The molecule has 0 radical (unpaired) electrons. The fourth-order valence-corrected chi connectivity index (χ4v) is 4.12. The molecule has 0 unspecified atom stereocenters. The number of hydrogen-bond donors (Lipinski definition) is 2. The van der Waals surface area contributed by atoms with E-state index >= 15 is 0 Å². The van der Waals surface area contributed by atoms with E-state index in [0.717, 1.165) is 18.8 Å². The zero-order valence-corrected chi connectivity index (χ0v) is 17.3. The second kappa shape index (κ2) is 10.7. The molecule has 146 valence electrons. The van der Waals surface area contributed by atoms with Crippen LogP contribution in [0.1, 0.15) is 17.0 Å². The molecule has 3 N–H and O–H groups in total. The number of rotatable bonds is 7. The minimum absolute atomic E-state index is 0. The molecule has 1 amide bonds. The van der Waals surface area contributed by atoms with E-state index in [0.29, 0.717) is 19.0 Å². The number of benzene rings is 2. The summed E-state index contributed by atoms with van der Waals surface area (Å²) in [5, 5.41) is 3.02. The molecule has 1 fully saturated rings. The summed E-state index contributed by atoms with van der Waals surface area (Å²) >= 11 is 1.76. The Bertz CT molecular complexity index is 711. The van der Waals surface area contributed by atoms with E-state index < -0.39 is 0 Å². The largest absolute Gasteiger partial charge is 0.354 e. The second-order valence-corrected chi connectivity index (χ2v) is 8.05. The predicted octanol–water partition coefficient (Wildman–Crippen LogP) is 3.05. The molecule has 2 aromatic rings. The van der Waals surface area contributed by atoms with Gasteiger partial charge in [0, 0.05) is 42.2 Å². The minimum Gasteiger partial charge on any atom is -0.354 e. The standard InChI is InChI=1S/C21H27N3OS.ClH/c1-16-7-9-18(10-8-16)26-12-11-23-21(25)15-24-13-19(20(22)14-24)17-5-3-2-4-6-17;/h2-10,19-20H,11-15,22H2,1H3,(H,23,25);1H/t19-,20+;/m0./s1. The SMILES string of the molecule is Cc1ccc(SCCNC(=O)CN2C[C@@H](N)[C@H](c3ccccc3)C2)cc1.Cl. The van der Waals surface area contributed by atoms with Gasteiger partial charge in [0.05, 0.1) is 6.54 Å². The third kappa shape index (κ3) is 6.54. The average Bonchev–Trinajstić information content (AvgIpc) is 3.01. The van der Waals surface area contributed by atoms with Crippen molar-refractivity contribution in [3.8, 4) is 0 Å². The smallest absolute Gasteiger partial charge is 0.234 e. The van der Waals surface area contributed by atoms with Crippen molar-refractivity contribution in [3.63, 3.8) is 0 Å². The van der Waals surface area contributed by atoms with Gasteiger partial charge in [-0.05, 0) is 24.6 Å². The molecule has 1 aliphatic rings. The molecular weight excluding hydrogens is 378 g/mol. The monoisotopic (exact) mass is 405 g/mol. The molecule has 2 aromatic carbocycles. The van der Waals surface area contributed by atoms with Crippen molar-refractivity contribution in [2.24, 2.45) is 5.73 Å². The van der Waals surface area contributed by atoms with Crippen LogP contribution in [0, 0.1) is 6.92 Å². The molecule has 0 bridgehead atoms. The van der Waals surface area contributed by atoms with Gasteiger partial charge in [-0.1, -0.05) is 48.0 Å². The lowest BCUT2D eigenvalue weighted by Crippen LogP contribution is -2.38. The van der Waals surface area contributed by atoms with E-state index in [1.54, 1.807) is 11.8 Å². The Labute approximate surface area is 172 Å². The molecule has 2 atom stereocenters. The highest BCUT2D eigenvalue weighted by molar-refractivity contribution is 7.99. The maximum absolute atomic E-state index is 12.2.